The highest BCUT2D eigenvalue weighted by molar-refractivity contribution is 7.90. The first-order valence-electron chi connectivity index (χ1n) is 6.34. The van der Waals surface area contributed by atoms with Crippen LogP contribution in [-0.2, 0) is 16.4 Å². The Bertz CT molecular complexity index is 728. The first-order valence-corrected chi connectivity index (χ1v) is 8.23. The molecule has 1 aromatic heterocycles. The monoisotopic (exact) mass is 307 g/mol. The summed E-state index contributed by atoms with van der Waals surface area (Å²) in [5, 5.41) is 2.96. The van der Waals surface area contributed by atoms with E-state index in [0.29, 0.717) is 11.6 Å². The third-order valence-corrected chi connectivity index (χ3v) is 3.90. The average Bonchev–Trinajstić information content (AvgIpc) is 2.44. The van der Waals surface area contributed by atoms with Gasteiger partial charge in [0.05, 0.1) is 4.90 Å². The van der Waals surface area contributed by atoms with Crippen LogP contribution in [0, 0.1) is 6.92 Å². The van der Waals surface area contributed by atoms with E-state index in [1.54, 1.807) is 19.2 Å². The summed E-state index contributed by atoms with van der Waals surface area (Å²) in [7, 11) is -1.40. The Kier molecular flexibility index (Phi) is 4.42. The number of anilines is 1. The molecule has 0 fully saturated rings. The van der Waals surface area contributed by atoms with Crippen molar-refractivity contribution in [2.45, 2.75) is 18.4 Å². The number of aromatic nitrogens is 2. The zero-order chi connectivity index (χ0) is 15.5. The van der Waals surface area contributed by atoms with Crippen LogP contribution in [0.1, 0.15) is 11.5 Å². The number of aryl methyl sites for hydroxylation is 1. The zero-order valence-corrected chi connectivity index (χ0v) is 12.9. The van der Waals surface area contributed by atoms with Gasteiger partial charge in [0.25, 0.3) is 0 Å². The number of benzene rings is 1. The molecule has 7 heteroatoms. The third kappa shape index (κ3) is 4.16. The lowest BCUT2D eigenvalue weighted by molar-refractivity contribution is 0.295. The normalized spacial score (nSPS) is 11.2. The van der Waals surface area contributed by atoms with Crippen LogP contribution in [0.2, 0.25) is 0 Å². The van der Waals surface area contributed by atoms with Crippen LogP contribution in [0.4, 0.5) is 5.82 Å². The number of ether oxygens (including phenoxy) is 1. The highest BCUT2D eigenvalue weighted by atomic mass is 32.2. The van der Waals surface area contributed by atoms with Crippen molar-refractivity contribution >= 4 is 15.7 Å². The maximum absolute atomic E-state index is 11.4. The van der Waals surface area contributed by atoms with Crippen LogP contribution in [0.25, 0.3) is 0 Å². The molecule has 0 atom stereocenters. The predicted molar refractivity (Wildman–Crippen MR) is 80.2 cm³/mol. The number of nitrogens with one attached hydrogen (secondary N) is 1. The number of hydrogen-bond donors (Lipinski definition) is 1. The van der Waals surface area contributed by atoms with Gasteiger partial charge in [-0.1, -0.05) is 0 Å². The summed E-state index contributed by atoms with van der Waals surface area (Å²) >= 11 is 0. The van der Waals surface area contributed by atoms with Gasteiger partial charge in [-0.25, -0.2) is 18.4 Å². The van der Waals surface area contributed by atoms with Gasteiger partial charge in [0.2, 0.25) is 0 Å². The van der Waals surface area contributed by atoms with Crippen molar-refractivity contribution in [1.82, 2.24) is 9.97 Å². The molecule has 2 aromatic rings. The lowest BCUT2D eigenvalue weighted by Crippen LogP contribution is -2.05. The molecular weight excluding hydrogens is 290 g/mol. The topological polar surface area (TPSA) is 81.2 Å². The van der Waals surface area contributed by atoms with E-state index < -0.39 is 9.84 Å². The first kappa shape index (κ1) is 15.2. The van der Waals surface area contributed by atoms with Crippen LogP contribution in [0.15, 0.2) is 35.2 Å². The molecule has 1 aromatic carbocycles. The standard InChI is InChI=1S/C14H17N3O3S/c1-10-8-13(15-2)17-14(16-10)9-20-11-4-6-12(7-5-11)21(3,18)19/h4-8H,9H2,1-3H3,(H,15,16,17). The van der Waals surface area contributed by atoms with Gasteiger partial charge in [0, 0.05) is 25.1 Å². The fourth-order valence-electron chi connectivity index (χ4n) is 1.75. The van der Waals surface area contributed by atoms with Gasteiger partial charge in [0.15, 0.2) is 15.7 Å². The molecule has 0 bridgehead atoms. The lowest BCUT2D eigenvalue weighted by Gasteiger charge is -2.08. The molecule has 0 unspecified atom stereocenters. The fourth-order valence-corrected chi connectivity index (χ4v) is 2.38. The molecule has 112 valence electrons. The minimum atomic E-state index is -3.19. The number of rotatable bonds is 5. The maximum Gasteiger partial charge on any atom is 0.175 e. The maximum atomic E-state index is 11.4. The summed E-state index contributed by atoms with van der Waals surface area (Å²) in [4.78, 5) is 8.83. The Hall–Kier alpha value is -2.15. The van der Waals surface area contributed by atoms with Crippen molar-refractivity contribution in [2.75, 3.05) is 18.6 Å². The molecule has 0 radical (unpaired) electrons. The molecule has 0 aliphatic carbocycles. The van der Waals surface area contributed by atoms with Crippen LogP contribution >= 0.6 is 0 Å². The van der Waals surface area contributed by atoms with E-state index in [1.165, 1.54) is 18.4 Å². The Morgan fingerprint density at radius 3 is 2.43 bits per heavy atom. The third-order valence-electron chi connectivity index (χ3n) is 2.78. The molecule has 1 heterocycles. The van der Waals surface area contributed by atoms with E-state index in [1.807, 2.05) is 13.0 Å². The second-order valence-electron chi connectivity index (χ2n) is 4.59. The van der Waals surface area contributed by atoms with Crippen molar-refractivity contribution in [3.8, 4) is 5.75 Å². The largest absolute Gasteiger partial charge is 0.486 e. The van der Waals surface area contributed by atoms with E-state index >= 15 is 0 Å². The summed E-state index contributed by atoms with van der Waals surface area (Å²) in [6, 6.07) is 8.10. The van der Waals surface area contributed by atoms with E-state index in [0.717, 1.165) is 11.5 Å². The molecule has 0 saturated carbocycles. The quantitative estimate of drug-likeness (QED) is 0.907. The lowest BCUT2D eigenvalue weighted by atomic mass is 10.3. The molecule has 6 nitrogen and oxygen atoms in total. The number of nitrogens with zero attached hydrogens (tertiary/aromatic N) is 2. The molecule has 21 heavy (non-hydrogen) atoms. The second-order valence-corrected chi connectivity index (χ2v) is 6.61. The summed E-state index contributed by atoms with van der Waals surface area (Å²) in [6.45, 7) is 2.10. The number of hydrogen-bond acceptors (Lipinski definition) is 6. The predicted octanol–water partition coefficient (Wildman–Crippen LogP) is 1.81. The Labute approximate surface area is 124 Å². The van der Waals surface area contributed by atoms with E-state index in [9.17, 15) is 8.42 Å². The molecule has 0 saturated heterocycles. The SMILES string of the molecule is CNc1cc(C)nc(COc2ccc(S(C)(=O)=O)cc2)n1. The fraction of sp³-hybridized carbons (Fsp3) is 0.286. The molecule has 0 aliphatic rings. The highest BCUT2D eigenvalue weighted by Crippen LogP contribution is 2.17. The van der Waals surface area contributed by atoms with E-state index in [-0.39, 0.29) is 11.5 Å². The van der Waals surface area contributed by atoms with Gasteiger partial charge in [-0.15, -0.1) is 0 Å². The molecule has 0 amide bonds. The van der Waals surface area contributed by atoms with Gasteiger partial charge >= 0.3 is 0 Å². The summed E-state index contributed by atoms with van der Waals surface area (Å²) in [5.74, 6) is 1.86. The molecule has 0 aliphatic heterocycles. The highest BCUT2D eigenvalue weighted by Gasteiger charge is 2.07. The van der Waals surface area contributed by atoms with Crippen molar-refractivity contribution in [1.29, 1.82) is 0 Å². The molecule has 0 spiro atoms. The van der Waals surface area contributed by atoms with Gasteiger partial charge in [-0.2, -0.15) is 0 Å². The zero-order valence-electron chi connectivity index (χ0n) is 12.1. The molecule has 2 rings (SSSR count). The molecule has 1 N–H and O–H groups in total. The summed E-state index contributed by atoms with van der Waals surface area (Å²) in [6.07, 6.45) is 1.17. The summed E-state index contributed by atoms with van der Waals surface area (Å²) in [5.41, 5.74) is 0.848. The van der Waals surface area contributed by atoms with Gasteiger partial charge < -0.3 is 10.1 Å². The Balaban J connectivity index is 2.08. The molecular formula is C14H17N3O3S. The van der Waals surface area contributed by atoms with Gasteiger partial charge in [-0.05, 0) is 31.2 Å². The van der Waals surface area contributed by atoms with Crippen molar-refractivity contribution in [3.63, 3.8) is 0 Å². The Morgan fingerprint density at radius 1 is 1.19 bits per heavy atom. The Morgan fingerprint density at radius 2 is 1.86 bits per heavy atom. The van der Waals surface area contributed by atoms with Crippen molar-refractivity contribution in [2.24, 2.45) is 0 Å². The number of sulfone groups is 1. The smallest absolute Gasteiger partial charge is 0.175 e. The van der Waals surface area contributed by atoms with Crippen LogP contribution in [-0.4, -0.2) is 31.7 Å². The second kappa shape index (κ2) is 6.09. The van der Waals surface area contributed by atoms with Crippen molar-refractivity contribution < 1.29 is 13.2 Å². The van der Waals surface area contributed by atoms with Crippen LogP contribution in [0.5, 0.6) is 5.75 Å². The summed E-state index contributed by atoms with van der Waals surface area (Å²) < 4.78 is 28.3. The first-order chi connectivity index (χ1) is 9.88. The van der Waals surface area contributed by atoms with E-state index in [2.05, 4.69) is 15.3 Å². The minimum absolute atomic E-state index is 0.217. The van der Waals surface area contributed by atoms with Crippen LogP contribution < -0.4 is 10.1 Å². The average molecular weight is 307 g/mol. The van der Waals surface area contributed by atoms with E-state index in [4.69, 9.17) is 4.74 Å². The minimum Gasteiger partial charge on any atom is -0.486 e. The van der Waals surface area contributed by atoms with Crippen LogP contribution in [0.3, 0.4) is 0 Å². The van der Waals surface area contributed by atoms with Crippen molar-refractivity contribution in [3.05, 3.63) is 41.9 Å². The van der Waals surface area contributed by atoms with Gasteiger partial charge in [-0.3, -0.25) is 0 Å². The van der Waals surface area contributed by atoms with Gasteiger partial charge in [0.1, 0.15) is 18.2 Å².